The molecule has 4 aromatic rings. The SMILES string of the molecule is N#Cc1ncc(F)c2c(C(=O)C(=O)N3CCN(c4nnnn4-c4ccccc4)CC3)c[nH]c12. The summed E-state index contributed by atoms with van der Waals surface area (Å²) in [6, 6.07) is 11.3. The van der Waals surface area contributed by atoms with Gasteiger partial charge in [-0.2, -0.15) is 9.94 Å². The van der Waals surface area contributed by atoms with Crippen LogP contribution in [-0.2, 0) is 4.79 Å². The molecule has 1 amide bonds. The number of hydrogen-bond acceptors (Lipinski definition) is 8. The Bertz CT molecular complexity index is 1400. The van der Waals surface area contributed by atoms with Crippen LogP contribution in [0.1, 0.15) is 16.1 Å². The summed E-state index contributed by atoms with van der Waals surface area (Å²) >= 11 is 0. The van der Waals surface area contributed by atoms with Gasteiger partial charge in [-0.15, -0.1) is 0 Å². The van der Waals surface area contributed by atoms with Crippen LogP contribution in [0.3, 0.4) is 0 Å². The number of carbonyl (C=O) groups excluding carboxylic acids is 2. The van der Waals surface area contributed by atoms with Crippen molar-refractivity contribution in [2.75, 3.05) is 31.1 Å². The zero-order valence-electron chi connectivity index (χ0n) is 17.1. The number of anilines is 1. The van der Waals surface area contributed by atoms with E-state index in [4.69, 9.17) is 5.26 Å². The van der Waals surface area contributed by atoms with Crippen molar-refractivity contribution in [3.63, 3.8) is 0 Å². The van der Waals surface area contributed by atoms with E-state index in [1.165, 1.54) is 11.1 Å². The molecule has 1 aliphatic rings. The van der Waals surface area contributed by atoms with Gasteiger partial charge in [0.05, 0.1) is 28.4 Å². The topological polar surface area (TPSA) is 137 Å². The van der Waals surface area contributed by atoms with Crippen molar-refractivity contribution < 1.29 is 14.0 Å². The number of aromatic nitrogens is 6. The van der Waals surface area contributed by atoms with E-state index in [0.717, 1.165) is 11.9 Å². The Kier molecular flexibility index (Phi) is 4.98. The maximum atomic E-state index is 14.4. The van der Waals surface area contributed by atoms with Gasteiger partial charge in [0.25, 0.3) is 11.7 Å². The first kappa shape index (κ1) is 20.3. The molecular weight excluding hydrogens is 429 g/mol. The van der Waals surface area contributed by atoms with Gasteiger partial charge in [-0.1, -0.05) is 23.3 Å². The molecule has 0 unspecified atom stereocenters. The Hall–Kier alpha value is -4.66. The van der Waals surface area contributed by atoms with E-state index in [0.29, 0.717) is 19.0 Å². The summed E-state index contributed by atoms with van der Waals surface area (Å²) in [5.41, 5.74) is 0.717. The van der Waals surface area contributed by atoms with Crippen LogP contribution in [0, 0.1) is 17.1 Å². The summed E-state index contributed by atoms with van der Waals surface area (Å²) in [7, 11) is 0. The molecule has 0 saturated carbocycles. The van der Waals surface area contributed by atoms with Crippen LogP contribution >= 0.6 is 0 Å². The molecule has 3 aromatic heterocycles. The highest BCUT2D eigenvalue weighted by molar-refractivity contribution is 6.45. The second-order valence-electron chi connectivity index (χ2n) is 7.35. The number of piperazine rings is 1. The van der Waals surface area contributed by atoms with E-state index in [-0.39, 0.29) is 35.2 Å². The lowest BCUT2D eigenvalue weighted by Crippen LogP contribution is -2.51. The molecule has 1 saturated heterocycles. The number of fused-ring (bicyclic) bond motifs is 1. The maximum Gasteiger partial charge on any atom is 0.295 e. The first-order valence-corrected chi connectivity index (χ1v) is 10.1. The van der Waals surface area contributed by atoms with Gasteiger partial charge in [-0.05, 0) is 22.6 Å². The van der Waals surface area contributed by atoms with Crippen LogP contribution in [0.5, 0.6) is 0 Å². The highest BCUT2D eigenvalue weighted by Crippen LogP contribution is 2.24. The van der Waals surface area contributed by atoms with Gasteiger partial charge in [-0.25, -0.2) is 9.37 Å². The normalized spacial score (nSPS) is 13.8. The molecule has 4 heterocycles. The van der Waals surface area contributed by atoms with Crippen LogP contribution in [0.25, 0.3) is 16.6 Å². The van der Waals surface area contributed by atoms with E-state index in [1.807, 2.05) is 41.3 Å². The number of H-pyrrole nitrogens is 1. The summed E-state index contributed by atoms with van der Waals surface area (Å²) in [5, 5.41) is 20.9. The molecule has 12 heteroatoms. The van der Waals surface area contributed by atoms with E-state index >= 15 is 0 Å². The fourth-order valence-electron chi connectivity index (χ4n) is 3.86. The summed E-state index contributed by atoms with van der Waals surface area (Å²) in [6.07, 6.45) is 2.10. The number of aromatic amines is 1. The number of benzene rings is 1. The largest absolute Gasteiger partial charge is 0.358 e. The Morgan fingerprint density at radius 3 is 2.61 bits per heavy atom. The number of nitrogens with zero attached hydrogens (tertiary/aromatic N) is 8. The molecule has 1 N–H and O–H groups in total. The third kappa shape index (κ3) is 3.45. The lowest BCUT2D eigenvalue weighted by Gasteiger charge is -2.34. The van der Waals surface area contributed by atoms with Crippen molar-refractivity contribution in [2.45, 2.75) is 0 Å². The van der Waals surface area contributed by atoms with Crippen LogP contribution in [0.4, 0.5) is 10.3 Å². The zero-order valence-corrected chi connectivity index (χ0v) is 17.1. The minimum Gasteiger partial charge on any atom is -0.358 e. The third-order valence-corrected chi connectivity index (χ3v) is 5.51. The van der Waals surface area contributed by atoms with E-state index in [9.17, 15) is 14.0 Å². The highest BCUT2D eigenvalue weighted by Gasteiger charge is 2.31. The standard InChI is InChI=1S/C21H16FN9O2/c22-15-12-24-16(10-23)18-17(15)14(11-25-18)19(32)20(33)29-6-8-30(9-7-29)21-26-27-28-31(21)13-4-2-1-3-5-13/h1-5,11-12,25H,6-9H2. The molecule has 0 radical (unpaired) electrons. The average Bonchev–Trinajstić information content (AvgIpc) is 3.53. The zero-order chi connectivity index (χ0) is 22.9. The number of ketones is 1. The van der Waals surface area contributed by atoms with Crippen LogP contribution in [0.15, 0.2) is 42.7 Å². The van der Waals surface area contributed by atoms with Gasteiger partial charge < -0.3 is 14.8 Å². The van der Waals surface area contributed by atoms with Crippen molar-refractivity contribution in [3.8, 4) is 11.8 Å². The second-order valence-corrected chi connectivity index (χ2v) is 7.35. The predicted molar refractivity (Wildman–Crippen MR) is 113 cm³/mol. The lowest BCUT2D eigenvalue weighted by atomic mass is 10.1. The van der Waals surface area contributed by atoms with Crippen LogP contribution in [0.2, 0.25) is 0 Å². The van der Waals surface area contributed by atoms with Crippen molar-refractivity contribution in [3.05, 3.63) is 59.8 Å². The molecule has 1 aromatic carbocycles. The molecule has 0 bridgehead atoms. The predicted octanol–water partition coefficient (Wildman–Crippen LogP) is 1.08. The van der Waals surface area contributed by atoms with Crippen molar-refractivity contribution in [1.82, 2.24) is 35.1 Å². The van der Waals surface area contributed by atoms with Gasteiger partial charge in [0, 0.05) is 32.4 Å². The fraction of sp³-hybridized carbons (Fsp3) is 0.190. The lowest BCUT2D eigenvalue weighted by molar-refractivity contribution is -0.126. The number of nitriles is 1. The monoisotopic (exact) mass is 445 g/mol. The molecule has 5 rings (SSSR count). The average molecular weight is 445 g/mol. The van der Waals surface area contributed by atoms with Gasteiger partial charge in [0.15, 0.2) is 11.5 Å². The van der Waals surface area contributed by atoms with Crippen molar-refractivity contribution >= 4 is 28.5 Å². The smallest absolute Gasteiger partial charge is 0.295 e. The van der Waals surface area contributed by atoms with Gasteiger partial charge in [0.2, 0.25) is 5.95 Å². The molecule has 0 atom stereocenters. The molecule has 1 aliphatic heterocycles. The Labute approximate surface area is 186 Å². The fourth-order valence-corrected chi connectivity index (χ4v) is 3.86. The van der Waals surface area contributed by atoms with Gasteiger partial charge in [-0.3, -0.25) is 9.59 Å². The van der Waals surface area contributed by atoms with Gasteiger partial charge in [0.1, 0.15) is 6.07 Å². The number of carbonyl (C=O) groups is 2. The number of halogens is 1. The molecule has 1 fully saturated rings. The van der Waals surface area contributed by atoms with Crippen LogP contribution in [-0.4, -0.2) is 72.9 Å². The number of amides is 1. The third-order valence-electron chi connectivity index (χ3n) is 5.51. The highest BCUT2D eigenvalue weighted by atomic mass is 19.1. The Balaban J connectivity index is 1.32. The minimum atomic E-state index is -0.849. The first-order valence-electron chi connectivity index (χ1n) is 10.1. The molecule has 164 valence electrons. The Morgan fingerprint density at radius 1 is 1.12 bits per heavy atom. The number of para-hydroxylation sites is 1. The number of Topliss-reactive ketones (excluding diaryl/α,β-unsaturated/α-hetero) is 1. The van der Waals surface area contributed by atoms with E-state index in [1.54, 1.807) is 4.68 Å². The second kappa shape index (κ2) is 8.12. The quantitative estimate of drug-likeness (QED) is 0.364. The molecule has 33 heavy (non-hydrogen) atoms. The van der Waals surface area contributed by atoms with Crippen molar-refractivity contribution in [1.29, 1.82) is 5.26 Å². The van der Waals surface area contributed by atoms with Crippen LogP contribution < -0.4 is 4.90 Å². The number of hydrogen-bond donors (Lipinski definition) is 1. The molecular formula is C21H16FN9O2. The first-order chi connectivity index (χ1) is 16.1. The molecule has 0 spiro atoms. The van der Waals surface area contributed by atoms with Gasteiger partial charge >= 0.3 is 0 Å². The van der Waals surface area contributed by atoms with E-state index < -0.39 is 17.5 Å². The number of tetrazole rings is 1. The number of pyridine rings is 1. The minimum absolute atomic E-state index is 0.0531. The number of rotatable bonds is 4. The Morgan fingerprint density at radius 2 is 1.88 bits per heavy atom. The van der Waals surface area contributed by atoms with E-state index in [2.05, 4.69) is 25.5 Å². The summed E-state index contributed by atoms with van der Waals surface area (Å²) < 4.78 is 16.0. The summed E-state index contributed by atoms with van der Waals surface area (Å²) in [6.45, 7) is 1.36. The summed E-state index contributed by atoms with van der Waals surface area (Å²) in [5.74, 6) is -1.83. The summed E-state index contributed by atoms with van der Waals surface area (Å²) in [4.78, 5) is 35.5. The molecule has 0 aliphatic carbocycles. The number of nitrogens with one attached hydrogen (secondary N) is 1. The van der Waals surface area contributed by atoms with Crippen molar-refractivity contribution in [2.24, 2.45) is 0 Å². The molecule has 11 nitrogen and oxygen atoms in total. The maximum absolute atomic E-state index is 14.4.